The number of aromatic nitrogens is 2. The van der Waals surface area contributed by atoms with Gasteiger partial charge in [-0.1, -0.05) is 12.1 Å². The molecule has 2 N–H and O–H groups in total. The Hall–Kier alpha value is -2.04. The fourth-order valence-electron chi connectivity index (χ4n) is 2.81. The zero-order valence-corrected chi connectivity index (χ0v) is 11.0. The lowest BCUT2D eigenvalue weighted by Crippen LogP contribution is -2.42. The maximum Gasteiger partial charge on any atom is 0.222 e. The van der Waals surface area contributed by atoms with Gasteiger partial charge in [0.05, 0.1) is 17.0 Å². The van der Waals surface area contributed by atoms with Crippen LogP contribution in [0.1, 0.15) is 12.8 Å². The Bertz CT molecular complexity index is 619. The molecule has 1 aromatic heterocycles. The van der Waals surface area contributed by atoms with Crippen molar-refractivity contribution in [2.75, 3.05) is 18.0 Å². The molecule has 0 bridgehead atoms. The molecule has 1 aromatic carbocycles. The molecule has 19 heavy (non-hydrogen) atoms. The van der Waals surface area contributed by atoms with Gasteiger partial charge >= 0.3 is 0 Å². The number of aryl methyl sites for hydroxylation is 1. The second kappa shape index (κ2) is 4.57. The lowest BCUT2D eigenvalue weighted by molar-refractivity contribution is -0.122. The Morgan fingerprint density at radius 1 is 1.42 bits per heavy atom. The highest BCUT2D eigenvalue weighted by Crippen LogP contribution is 2.25. The van der Waals surface area contributed by atoms with Crippen molar-refractivity contribution in [2.24, 2.45) is 18.7 Å². The van der Waals surface area contributed by atoms with Crippen molar-refractivity contribution in [3.05, 3.63) is 24.3 Å². The average molecular weight is 258 g/mol. The second-order valence-corrected chi connectivity index (χ2v) is 5.15. The molecule has 1 aliphatic rings. The van der Waals surface area contributed by atoms with E-state index in [-0.39, 0.29) is 11.8 Å². The summed E-state index contributed by atoms with van der Waals surface area (Å²) in [5.74, 6) is 0.657. The predicted molar refractivity (Wildman–Crippen MR) is 74.8 cm³/mol. The highest BCUT2D eigenvalue weighted by atomic mass is 16.1. The van der Waals surface area contributed by atoms with Gasteiger partial charge in [0, 0.05) is 20.1 Å². The number of primary amides is 1. The van der Waals surface area contributed by atoms with Crippen LogP contribution in [-0.2, 0) is 11.8 Å². The zero-order chi connectivity index (χ0) is 13.4. The second-order valence-electron chi connectivity index (χ2n) is 5.15. The number of carbonyl (C=O) groups is 1. The highest BCUT2D eigenvalue weighted by molar-refractivity contribution is 5.80. The molecule has 100 valence electrons. The molecule has 1 aliphatic heterocycles. The normalized spacial score (nSPS) is 19.8. The fourth-order valence-corrected chi connectivity index (χ4v) is 2.81. The van der Waals surface area contributed by atoms with E-state index in [1.807, 2.05) is 25.2 Å². The summed E-state index contributed by atoms with van der Waals surface area (Å²) in [7, 11) is 2.01. The molecule has 5 nitrogen and oxygen atoms in total. The maximum absolute atomic E-state index is 11.4. The maximum atomic E-state index is 11.4. The van der Waals surface area contributed by atoms with Gasteiger partial charge in [0.1, 0.15) is 0 Å². The minimum atomic E-state index is -0.205. The number of carbonyl (C=O) groups excluding carboxylic acids is 1. The lowest BCUT2D eigenvalue weighted by Gasteiger charge is -2.31. The Morgan fingerprint density at radius 3 is 2.95 bits per heavy atom. The van der Waals surface area contributed by atoms with Crippen LogP contribution >= 0.6 is 0 Å². The van der Waals surface area contributed by atoms with Crippen LogP contribution in [0.4, 0.5) is 5.95 Å². The van der Waals surface area contributed by atoms with Crippen LogP contribution in [0.5, 0.6) is 0 Å². The predicted octanol–water partition coefficient (Wildman–Crippen LogP) is 1.27. The van der Waals surface area contributed by atoms with E-state index in [1.54, 1.807) is 0 Å². The molecule has 5 heteroatoms. The summed E-state index contributed by atoms with van der Waals surface area (Å²) in [5, 5.41) is 0. The molecule has 2 heterocycles. The largest absolute Gasteiger partial charge is 0.369 e. The number of hydrogen-bond donors (Lipinski definition) is 1. The molecule has 0 spiro atoms. The summed E-state index contributed by atoms with van der Waals surface area (Å²) in [6.07, 6.45) is 1.87. The molecule has 3 rings (SSSR count). The molecule has 1 amide bonds. The number of nitrogens with zero attached hydrogens (tertiary/aromatic N) is 3. The first kappa shape index (κ1) is 12.0. The number of fused-ring (bicyclic) bond motifs is 1. The molecule has 0 aliphatic carbocycles. The Labute approximate surface area is 112 Å². The van der Waals surface area contributed by atoms with Gasteiger partial charge < -0.3 is 15.2 Å². The third kappa shape index (κ3) is 2.05. The van der Waals surface area contributed by atoms with E-state index in [2.05, 4.69) is 20.5 Å². The quantitative estimate of drug-likeness (QED) is 0.882. The smallest absolute Gasteiger partial charge is 0.222 e. The van der Waals surface area contributed by atoms with E-state index < -0.39 is 0 Å². The van der Waals surface area contributed by atoms with E-state index in [1.165, 1.54) is 0 Å². The molecule has 0 radical (unpaired) electrons. The molecule has 1 atom stereocenters. The van der Waals surface area contributed by atoms with E-state index in [0.717, 1.165) is 36.4 Å². The van der Waals surface area contributed by atoms with Gasteiger partial charge in [0.25, 0.3) is 0 Å². The van der Waals surface area contributed by atoms with Crippen LogP contribution in [0.3, 0.4) is 0 Å². The number of imidazole rings is 1. The third-order valence-corrected chi connectivity index (χ3v) is 3.87. The van der Waals surface area contributed by atoms with Crippen molar-refractivity contribution in [3.63, 3.8) is 0 Å². The van der Waals surface area contributed by atoms with Crippen LogP contribution < -0.4 is 10.6 Å². The Morgan fingerprint density at radius 2 is 2.21 bits per heavy atom. The van der Waals surface area contributed by atoms with E-state index in [9.17, 15) is 4.79 Å². The number of hydrogen-bond acceptors (Lipinski definition) is 3. The molecule has 0 saturated carbocycles. The number of benzene rings is 1. The Balaban J connectivity index is 1.95. The minimum absolute atomic E-state index is 0.0615. The summed E-state index contributed by atoms with van der Waals surface area (Å²) in [6.45, 7) is 1.60. The summed E-state index contributed by atoms with van der Waals surface area (Å²) in [4.78, 5) is 18.2. The van der Waals surface area contributed by atoms with E-state index in [0.29, 0.717) is 6.54 Å². The molecular weight excluding hydrogens is 240 g/mol. The highest BCUT2D eigenvalue weighted by Gasteiger charge is 2.26. The van der Waals surface area contributed by atoms with Crippen LogP contribution in [-0.4, -0.2) is 28.5 Å². The van der Waals surface area contributed by atoms with Crippen molar-refractivity contribution in [2.45, 2.75) is 12.8 Å². The number of para-hydroxylation sites is 2. The van der Waals surface area contributed by atoms with Crippen molar-refractivity contribution in [1.29, 1.82) is 0 Å². The van der Waals surface area contributed by atoms with Crippen LogP contribution in [0.2, 0.25) is 0 Å². The fraction of sp³-hybridized carbons (Fsp3) is 0.429. The first-order valence-electron chi connectivity index (χ1n) is 6.62. The van der Waals surface area contributed by atoms with Gasteiger partial charge in [-0.05, 0) is 25.0 Å². The average Bonchev–Trinajstić information content (AvgIpc) is 2.77. The standard InChI is InChI=1S/C14H18N4O/c1-17-12-7-3-2-6-11(12)16-14(17)18-8-4-5-10(9-18)13(15)19/h2-3,6-7,10H,4-5,8-9H2,1H3,(H2,15,19)/t10-/m1/s1. The third-order valence-electron chi connectivity index (χ3n) is 3.87. The number of nitrogens with two attached hydrogens (primary N) is 1. The first-order chi connectivity index (χ1) is 9.16. The lowest BCUT2D eigenvalue weighted by atomic mass is 9.98. The molecule has 1 saturated heterocycles. The number of amides is 1. The van der Waals surface area contributed by atoms with Crippen molar-refractivity contribution < 1.29 is 4.79 Å². The topological polar surface area (TPSA) is 64.2 Å². The van der Waals surface area contributed by atoms with Crippen molar-refractivity contribution >= 4 is 22.9 Å². The van der Waals surface area contributed by atoms with Crippen LogP contribution in [0.15, 0.2) is 24.3 Å². The van der Waals surface area contributed by atoms with Gasteiger partial charge in [-0.25, -0.2) is 4.98 Å². The van der Waals surface area contributed by atoms with E-state index in [4.69, 9.17) is 5.73 Å². The summed E-state index contributed by atoms with van der Waals surface area (Å²) < 4.78 is 2.08. The molecule has 0 unspecified atom stereocenters. The summed E-state index contributed by atoms with van der Waals surface area (Å²) in [6, 6.07) is 8.06. The molecule has 1 fully saturated rings. The number of rotatable bonds is 2. The monoisotopic (exact) mass is 258 g/mol. The number of piperidine rings is 1. The van der Waals surface area contributed by atoms with Gasteiger partial charge in [-0.2, -0.15) is 0 Å². The first-order valence-corrected chi connectivity index (χ1v) is 6.62. The van der Waals surface area contributed by atoms with Gasteiger partial charge in [-0.3, -0.25) is 4.79 Å². The van der Waals surface area contributed by atoms with Crippen molar-refractivity contribution in [3.8, 4) is 0 Å². The van der Waals surface area contributed by atoms with Gasteiger partial charge in [0.15, 0.2) is 0 Å². The van der Waals surface area contributed by atoms with Crippen LogP contribution in [0.25, 0.3) is 11.0 Å². The Kier molecular flexibility index (Phi) is 2.89. The SMILES string of the molecule is Cn1c(N2CCC[C@@H](C(N)=O)C2)nc2ccccc21. The molecule has 2 aromatic rings. The van der Waals surface area contributed by atoms with Gasteiger partial charge in [0.2, 0.25) is 11.9 Å². The van der Waals surface area contributed by atoms with Crippen LogP contribution in [0, 0.1) is 5.92 Å². The summed E-state index contributed by atoms with van der Waals surface area (Å²) >= 11 is 0. The zero-order valence-electron chi connectivity index (χ0n) is 11.0. The van der Waals surface area contributed by atoms with Gasteiger partial charge in [-0.15, -0.1) is 0 Å². The summed E-state index contributed by atoms with van der Waals surface area (Å²) in [5.41, 5.74) is 7.52. The number of anilines is 1. The van der Waals surface area contributed by atoms with E-state index >= 15 is 0 Å². The van der Waals surface area contributed by atoms with Crippen molar-refractivity contribution in [1.82, 2.24) is 9.55 Å². The molecular formula is C14H18N4O. The minimum Gasteiger partial charge on any atom is -0.369 e.